The summed E-state index contributed by atoms with van der Waals surface area (Å²) in [4.78, 5) is 9.32. The fourth-order valence-electron chi connectivity index (χ4n) is 2.68. The molecular weight excluding hydrogens is 208 g/mol. The smallest absolute Gasteiger partial charge is 0.147 e. The lowest BCUT2D eigenvalue weighted by Crippen LogP contribution is -2.36. The Bertz CT molecular complexity index is 747. The number of benzene rings is 1. The zero-order valence-corrected chi connectivity index (χ0v) is 9.17. The minimum absolute atomic E-state index is 0.368. The van der Waals surface area contributed by atoms with Gasteiger partial charge in [0, 0.05) is 17.0 Å². The van der Waals surface area contributed by atoms with E-state index < -0.39 is 0 Å². The van der Waals surface area contributed by atoms with Crippen molar-refractivity contribution in [2.45, 2.75) is 5.54 Å². The molecule has 1 aliphatic carbocycles. The molecular formula is C15H10N2. The summed E-state index contributed by atoms with van der Waals surface area (Å²) in [6.45, 7) is 0. The Morgan fingerprint density at radius 3 is 2.94 bits per heavy atom. The molecule has 1 unspecified atom stereocenters. The molecule has 2 aliphatic heterocycles. The maximum absolute atomic E-state index is 4.87. The van der Waals surface area contributed by atoms with Crippen LogP contribution < -0.4 is 10.6 Å². The quantitative estimate of drug-likeness (QED) is 0.627. The van der Waals surface area contributed by atoms with E-state index in [-0.39, 0.29) is 5.54 Å². The third-order valence-electron chi connectivity index (χ3n) is 3.45. The highest BCUT2D eigenvalue weighted by Crippen LogP contribution is 2.33. The molecule has 0 radical (unpaired) electrons. The van der Waals surface area contributed by atoms with Crippen molar-refractivity contribution in [2.24, 2.45) is 9.98 Å². The predicted molar refractivity (Wildman–Crippen MR) is 68.2 cm³/mol. The van der Waals surface area contributed by atoms with Crippen molar-refractivity contribution < 1.29 is 0 Å². The van der Waals surface area contributed by atoms with Crippen molar-refractivity contribution >= 4 is 11.3 Å². The number of nitrogens with zero attached hydrogens (tertiary/aromatic N) is 2. The molecule has 0 N–H and O–H groups in total. The fraction of sp³-hybridized carbons (Fsp3) is 0.0667. The van der Waals surface area contributed by atoms with E-state index in [1.807, 2.05) is 30.5 Å². The van der Waals surface area contributed by atoms with Gasteiger partial charge in [0.1, 0.15) is 5.54 Å². The maximum Gasteiger partial charge on any atom is 0.147 e. The van der Waals surface area contributed by atoms with Crippen molar-refractivity contribution in [3.63, 3.8) is 0 Å². The molecule has 2 heterocycles. The van der Waals surface area contributed by atoms with Crippen LogP contribution in [0.5, 0.6) is 0 Å². The zero-order chi connectivity index (χ0) is 11.3. The van der Waals surface area contributed by atoms with E-state index in [2.05, 4.69) is 35.3 Å². The SMILES string of the molecule is C1=CC2=NC=CC3=c4ccccc4=NC23C=C1. The normalized spacial score (nSPS) is 27.1. The van der Waals surface area contributed by atoms with E-state index in [4.69, 9.17) is 4.99 Å². The van der Waals surface area contributed by atoms with Gasteiger partial charge < -0.3 is 0 Å². The molecule has 2 heteroatoms. The van der Waals surface area contributed by atoms with Crippen molar-refractivity contribution in [3.05, 3.63) is 71.4 Å². The third kappa shape index (κ3) is 0.998. The second-order valence-electron chi connectivity index (χ2n) is 4.36. The molecule has 4 rings (SSSR count). The highest BCUT2D eigenvalue weighted by molar-refractivity contribution is 6.15. The number of para-hydroxylation sites is 1. The van der Waals surface area contributed by atoms with Gasteiger partial charge in [-0.1, -0.05) is 30.4 Å². The summed E-state index contributed by atoms with van der Waals surface area (Å²) in [6.07, 6.45) is 12.2. The van der Waals surface area contributed by atoms with Gasteiger partial charge in [0.25, 0.3) is 0 Å². The molecule has 0 saturated heterocycles. The third-order valence-corrected chi connectivity index (χ3v) is 3.45. The topological polar surface area (TPSA) is 24.7 Å². The monoisotopic (exact) mass is 218 g/mol. The molecule has 3 aliphatic rings. The molecule has 0 fully saturated rings. The molecule has 17 heavy (non-hydrogen) atoms. The molecule has 0 bridgehead atoms. The lowest BCUT2D eigenvalue weighted by Gasteiger charge is -2.29. The van der Waals surface area contributed by atoms with Crippen LogP contribution in [0.15, 0.2) is 70.8 Å². The number of allylic oxidation sites excluding steroid dienone is 2. The van der Waals surface area contributed by atoms with Crippen LogP contribution >= 0.6 is 0 Å². The van der Waals surface area contributed by atoms with Gasteiger partial charge in [-0.3, -0.25) is 9.98 Å². The van der Waals surface area contributed by atoms with Gasteiger partial charge in [0.2, 0.25) is 0 Å². The molecule has 80 valence electrons. The van der Waals surface area contributed by atoms with Crippen LogP contribution in [0.2, 0.25) is 0 Å². The van der Waals surface area contributed by atoms with Crippen molar-refractivity contribution in [1.82, 2.24) is 0 Å². The molecule has 0 aromatic heterocycles. The Kier molecular flexibility index (Phi) is 1.52. The largest absolute Gasteiger partial charge is 0.263 e. The summed E-state index contributed by atoms with van der Waals surface area (Å²) in [5, 5.41) is 2.28. The van der Waals surface area contributed by atoms with Crippen molar-refractivity contribution in [1.29, 1.82) is 0 Å². The Morgan fingerprint density at radius 2 is 1.94 bits per heavy atom. The van der Waals surface area contributed by atoms with E-state index in [0.717, 1.165) is 11.1 Å². The molecule has 1 aromatic rings. The Morgan fingerprint density at radius 1 is 1.00 bits per heavy atom. The van der Waals surface area contributed by atoms with Crippen LogP contribution in [0.3, 0.4) is 0 Å². The van der Waals surface area contributed by atoms with Gasteiger partial charge in [-0.15, -0.1) is 0 Å². The highest BCUT2D eigenvalue weighted by Gasteiger charge is 2.40. The van der Waals surface area contributed by atoms with Crippen LogP contribution in [0.4, 0.5) is 0 Å². The summed E-state index contributed by atoms with van der Waals surface area (Å²) < 4.78 is 0. The second kappa shape index (κ2) is 2.92. The van der Waals surface area contributed by atoms with E-state index >= 15 is 0 Å². The summed E-state index contributed by atoms with van der Waals surface area (Å²) in [6, 6.07) is 8.27. The van der Waals surface area contributed by atoms with Gasteiger partial charge in [0.05, 0.1) is 11.1 Å². The summed E-state index contributed by atoms with van der Waals surface area (Å²) in [7, 11) is 0. The van der Waals surface area contributed by atoms with E-state index in [0.29, 0.717) is 0 Å². The summed E-state index contributed by atoms with van der Waals surface area (Å²) >= 11 is 0. The number of rotatable bonds is 0. The highest BCUT2D eigenvalue weighted by atomic mass is 14.9. The van der Waals surface area contributed by atoms with Gasteiger partial charge in [-0.25, -0.2) is 0 Å². The first kappa shape index (κ1) is 8.88. The van der Waals surface area contributed by atoms with Gasteiger partial charge in [-0.05, 0) is 24.3 Å². The summed E-state index contributed by atoms with van der Waals surface area (Å²) in [5.41, 5.74) is 1.88. The van der Waals surface area contributed by atoms with E-state index in [9.17, 15) is 0 Å². The molecule has 0 saturated carbocycles. The molecule has 0 amide bonds. The van der Waals surface area contributed by atoms with Crippen molar-refractivity contribution in [2.75, 3.05) is 0 Å². The zero-order valence-electron chi connectivity index (χ0n) is 9.17. The average Bonchev–Trinajstić information content (AvgIpc) is 2.71. The lowest BCUT2D eigenvalue weighted by molar-refractivity contribution is 0.881. The standard InChI is InChI=1S/C15H10N2/c1-2-6-13-11(5-1)12-8-10-16-14-7-3-4-9-15(12,14)17-13/h1-10H. The first-order valence-electron chi connectivity index (χ1n) is 5.71. The van der Waals surface area contributed by atoms with Crippen LogP contribution in [-0.4, -0.2) is 11.3 Å². The minimum Gasteiger partial charge on any atom is -0.263 e. The molecule has 1 aromatic carbocycles. The lowest BCUT2D eigenvalue weighted by atomic mass is 9.81. The second-order valence-corrected chi connectivity index (χ2v) is 4.36. The predicted octanol–water partition coefficient (Wildman–Crippen LogP) is 1.30. The molecule has 1 spiro atoms. The Labute approximate surface area is 98.7 Å². The van der Waals surface area contributed by atoms with Gasteiger partial charge >= 0.3 is 0 Å². The Balaban J connectivity index is 2.18. The minimum atomic E-state index is -0.368. The number of fused-ring (bicyclic) bond motifs is 1. The van der Waals surface area contributed by atoms with Gasteiger partial charge in [-0.2, -0.15) is 0 Å². The average molecular weight is 218 g/mol. The maximum atomic E-state index is 4.87. The summed E-state index contributed by atoms with van der Waals surface area (Å²) in [5.74, 6) is 0. The molecule has 1 atom stereocenters. The fourth-order valence-corrected chi connectivity index (χ4v) is 2.68. The first-order valence-corrected chi connectivity index (χ1v) is 5.71. The van der Waals surface area contributed by atoms with Crippen molar-refractivity contribution in [3.8, 4) is 0 Å². The Hall–Kier alpha value is -2.22. The van der Waals surface area contributed by atoms with Crippen LogP contribution in [-0.2, 0) is 0 Å². The van der Waals surface area contributed by atoms with Crippen LogP contribution in [0.25, 0.3) is 5.57 Å². The van der Waals surface area contributed by atoms with Crippen LogP contribution in [0.1, 0.15) is 0 Å². The number of aliphatic imine (C=N–C) groups is 1. The van der Waals surface area contributed by atoms with Crippen LogP contribution in [0, 0.1) is 0 Å². The number of hydrogen-bond acceptors (Lipinski definition) is 2. The van der Waals surface area contributed by atoms with Gasteiger partial charge in [0.15, 0.2) is 0 Å². The molecule has 2 nitrogen and oxygen atoms in total. The number of hydrogen-bond donors (Lipinski definition) is 0. The van der Waals surface area contributed by atoms with E-state index in [1.54, 1.807) is 0 Å². The van der Waals surface area contributed by atoms with E-state index in [1.165, 1.54) is 10.8 Å². The first-order chi connectivity index (χ1) is 8.40.